The molecule has 2 heterocycles. The van der Waals surface area contributed by atoms with Gasteiger partial charge in [-0.05, 0) is 0 Å². The van der Waals surface area contributed by atoms with Crippen LogP contribution in [-0.2, 0) is 6.54 Å². The van der Waals surface area contributed by atoms with Gasteiger partial charge in [0, 0.05) is 0 Å². The molecule has 1 aromatic heterocycles. The molecule has 33 heavy (non-hydrogen) atoms. The average molecular weight is 565 g/mol. The second-order valence-electron chi connectivity index (χ2n) is 12.9. The molecule has 1 aromatic rings. The molecule has 5 fully saturated rings. The molecule has 0 unspecified atom stereocenters. The molecule has 4 aliphatic carbocycles. The summed E-state index contributed by atoms with van der Waals surface area (Å²) in [6, 6.07) is 2.17. The number of halogens is 1. The van der Waals surface area contributed by atoms with Gasteiger partial charge in [0.15, 0.2) is 0 Å². The Labute approximate surface area is 208 Å². The number of alkyl halides is 2. The summed E-state index contributed by atoms with van der Waals surface area (Å²) in [5.74, 6) is 4.27. The minimum atomic E-state index is -0.793. The number of nitriles is 1. The van der Waals surface area contributed by atoms with E-state index in [4.69, 9.17) is 0 Å². The standard InChI is InChI=1S/C27H39IN3O2/c1-25(32)8-6-18-17(11-25)4-5-20-19(18)7-9-26(2)21(20)10-22-23(28-22)24(26)27(3,33)15-31-14-16(12-29)13-30-31/h13-14,17-24,32-33H,4-11,15H2,1-3H3/q-1/t17-,18+,19-,20-,21+,22-,23-,24+,25-,26+,27-/m1/s1. The third-order valence-corrected chi connectivity index (χ3v) is 14.5. The van der Waals surface area contributed by atoms with Crippen molar-refractivity contribution < 1.29 is 31.4 Å². The fourth-order valence-corrected chi connectivity index (χ4v) is 13.8. The third kappa shape index (κ3) is 3.71. The van der Waals surface area contributed by atoms with Crippen LogP contribution < -0.4 is 21.2 Å². The van der Waals surface area contributed by atoms with Gasteiger partial charge in [0.2, 0.25) is 0 Å². The van der Waals surface area contributed by atoms with Crippen molar-refractivity contribution in [2.75, 3.05) is 0 Å². The predicted octanol–water partition coefficient (Wildman–Crippen LogP) is 0.975. The molecule has 2 N–H and O–H groups in total. The summed E-state index contributed by atoms with van der Waals surface area (Å²) in [4.78, 5) is 0. The topological polar surface area (TPSA) is 82.1 Å². The van der Waals surface area contributed by atoms with Gasteiger partial charge in [0.1, 0.15) is 0 Å². The van der Waals surface area contributed by atoms with Crippen molar-refractivity contribution in [3.05, 3.63) is 18.0 Å². The van der Waals surface area contributed by atoms with Gasteiger partial charge in [-0.3, -0.25) is 0 Å². The molecule has 6 heteroatoms. The molecule has 4 saturated carbocycles. The van der Waals surface area contributed by atoms with Gasteiger partial charge in [-0.1, -0.05) is 0 Å². The number of hydrogen-bond donors (Lipinski definition) is 2. The van der Waals surface area contributed by atoms with E-state index in [0.29, 0.717) is 18.0 Å². The predicted molar refractivity (Wildman–Crippen MR) is 122 cm³/mol. The van der Waals surface area contributed by atoms with E-state index in [0.717, 1.165) is 50.3 Å². The normalized spacial score (nSPS) is 50.3. The molecule has 0 aromatic carbocycles. The summed E-state index contributed by atoms with van der Waals surface area (Å²) < 4.78 is 3.45. The average Bonchev–Trinajstić information content (AvgIpc) is 3.36. The van der Waals surface area contributed by atoms with E-state index in [2.05, 4.69) is 31.9 Å². The van der Waals surface area contributed by atoms with Crippen molar-refractivity contribution in [2.24, 2.45) is 40.9 Å². The van der Waals surface area contributed by atoms with E-state index in [-0.39, 0.29) is 26.6 Å². The maximum absolute atomic E-state index is 12.0. The summed E-state index contributed by atoms with van der Waals surface area (Å²) in [6.07, 6.45) is 13.2. The third-order valence-electron chi connectivity index (χ3n) is 10.7. The monoisotopic (exact) mass is 564 g/mol. The molecule has 6 rings (SSSR count). The second kappa shape index (κ2) is 7.67. The van der Waals surface area contributed by atoms with Gasteiger partial charge >= 0.3 is 209 Å². The van der Waals surface area contributed by atoms with Crippen LogP contribution in [0.3, 0.4) is 0 Å². The summed E-state index contributed by atoms with van der Waals surface area (Å²) in [5, 5.41) is 36.2. The number of aliphatic hydroxyl groups is 2. The molecule has 0 spiro atoms. The molecule has 1 aliphatic heterocycles. The molecule has 0 bridgehead atoms. The number of fused-ring (bicyclic) bond motifs is 6. The van der Waals surface area contributed by atoms with Crippen LogP contribution in [0.4, 0.5) is 0 Å². The molecular weight excluding hydrogens is 525 g/mol. The van der Waals surface area contributed by atoms with E-state index in [9.17, 15) is 15.5 Å². The zero-order chi connectivity index (χ0) is 23.2. The van der Waals surface area contributed by atoms with Crippen molar-refractivity contribution in [1.82, 2.24) is 9.78 Å². The molecule has 5 aliphatic rings. The van der Waals surface area contributed by atoms with Crippen molar-refractivity contribution in [1.29, 1.82) is 5.26 Å². The number of aromatic nitrogens is 2. The SMILES string of the molecule is C[C@@]1(O)CC[C@H]2[C@H](CC[C@@H]3[C@@H]2CC[C@@]2(C)[C@H]3C[C@H]3[I-][C@H]3[C@@H]2[C@](C)(O)Cn2cc(C#N)cn2)C1. The van der Waals surface area contributed by atoms with Gasteiger partial charge in [-0.2, -0.15) is 0 Å². The molecule has 0 amide bonds. The Morgan fingerprint density at radius 3 is 2.76 bits per heavy atom. The van der Waals surface area contributed by atoms with Crippen LogP contribution in [0.5, 0.6) is 0 Å². The fourth-order valence-electron chi connectivity index (χ4n) is 9.46. The van der Waals surface area contributed by atoms with Gasteiger partial charge in [-0.25, -0.2) is 0 Å². The van der Waals surface area contributed by atoms with Crippen molar-refractivity contribution in [2.45, 2.75) is 97.7 Å². The first kappa shape index (κ1) is 22.8. The molecule has 1 saturated heterocycles. The van der Waals surface area contributed by atoms with Gasteiger partial charge in [0.05, 0.1) is 0 Å². The zero-order valence-electron chi connectivity index (χ0n) is 20.3. The van der Waals surface area contributed by atoms with Crippen molar-refractivity contribution in [3.63, 3.8) is 0 Å². The van der Waals surface area contributed by atoms with Crippen LogP contribution in [0.1, 0.15) is 77.7 Å². The number of hydrogen-bond acceptors (Lipinski definition) is 4. The molecule has 0 radical (unpaired) electrons. The summed E-state index contributed by atoms with van der Waals surface area (Å²) in [5.41, 5.74) is -0.465. The quantitative estimate of drug-likeness (QED) is 0.424. The van der Waals surface area contributed by atoms with Crippen molar-refractivity contribution in [3.8, 4) is 6.07 Å². The van der Waals surface area contributed by atoms with Crippen LogP contribution in [-0.4, -0.2) is 39.0 Å². The fraction of sp³-hybridized carbons (Fsp3) is 0.852. The first-order valence-corrected chi connectivity index (χ1v) is 15.6. The van der Waals surface area contributed by atoms with E-state index in [1.54, 1.807) is 17.1 Å². The minimum absolute atomic E-state index is 0.189. The van der Waals surface area contributed by atoms with E-state index in [1.165, 1.54) is 38.5 Å². The van der Waals surface area contributed by atoms with Gasteiger partial charge < -0.3 is 0 Å². The summed E-state index contributed by atoms with van der Waals surface area (Å²) >= 11 is 0.189. The van der Waals surface area contributed by atoms with Gasteiger partial charge in [0.25, 0.3) is 0 Å². The Hall–Kier alpha value is -0.650. The molecule has 182 valence electrons. The van der Waals surface area contributed by atoms with Crippen LogP contribution in [0.25, 0.3) is 0 Å². The van der Waals surface area contributed by atoms with E-state index < -0.39 is 11.2 Å². The Morgan fingerprint density at radius 2 is 2.00 bits per heavy atom. The number of nitrogens with zero attached hydrogens (tertiary/aromatic N) is 3. The van der Waals surface area contributed by atoms with Crippen LogP contribution in [0.15, 0.2) is 12.4 Å². The Kier molecular flexibility index (Phi) is 5.30. The molecule has 11 atom stereocenters. The maximum atomic E-state index is 12.0. The van der Waals surface area contributed by atoms with Crippen LogP contribution in [0.2, 0.25) is 0 Å². The Balaban J connectivity index is 1.26. The van der Waals surface area contributed by atoms with Crippen LogP contribution >= 0.6 is 0 Å². The van der Waals surface area contributed by atoms with Gasteiger partial charge in [-0.15, -0.1) is 0 Å². The Morgan fingerprint density at radius 1 is 1.21 bits per heavy atom. The molecule has 5 nitrogen and oxygen atoms in total. The van der Waals surface area contributed by atoms with E-state index >= 15 is 0 Å². The summed E-state index contributed by atoms with van der Waals surface area (Å²) in [6.45, 7) is 7.14. The summed E-state index contributed by atoms with van der Waals surface area (Å²) in [7, 11) is 0. The van der Waals surface area contributed by atoms with E-state index in [1.807, 2.05) is 0 Å². The Bertz CT molecular complexity index is 967. The first-order valence-electron chi connectivity index (χ1n) is 13.1. The first-order chi connectivity index (χ1) is 15.6. The number of rotatable bonds is 3. The zero-order valence-corrected chi connectivity index (χ0v) is 22.4. The molecular formula is C27H39IN3O2-. The second-order valence-corrected chi connectivity index (χ2v) is 16.7. The van der Waals surface area contributed by atoms with Crippen molar-refractivity contribution >= 4 is 0 Å². The van der Waals surface area contributed by atoms with Crippen LogP contribution in [0, 0.1) is 52.3 Å².